The molecule has 1 unspecified atom stereocenters. The van der Waals surface area contributed by atoms with Crippen LogP contribution in [0.3, 0.4) is 0 Å². The molecule has 0 aliphatic rings. The van der Waals surface area contributed by atoms with Gasteiger partial charge in [-0.05, 0) is 42.0 Å². The molecule has 0 fully saturated rings. The van der Waals surface area contributed by atoms with E-state index in [-0.39, 0.29) is 11.1 Å². The molecule has 0 aromatic heterocycles. The van der Waals surface area contributed by atoms with Crippen LogP contribution in [-0.2, 0) is 4.43 Å². The zero-order valence-corrected chi connectivity index (χ0v) is 19.5. The molecule has 142 valence electrons. The quantitative estimate of drug-likeness (QED) is 0.714. The summed E-state index contributed by atoms with van der Waals surface area (Å²) in [5.41, 5.74) is 0. The van der Waals surface area contributed by atoms with Crippen molar-refractivity contribution < 1.29 is 4.43 Å². The number of nitrogens with one attached hydrogen (secondary N) is 1. The SMILES string of the molecule is CC(CN[Si](c1ccccc1)(c1ccccc1)C(C)(C)C)O[Si](C)(C)C. The van der Waals surface area contributed by atoms with Crippen molar-refractivity contribution in [3.63, 3.8) is 0 Å². The standard InChI is InChI=1S/C22H35NOSi2/c1-19(24-25(5,6)7)18-23-26(22(2,3)4,20-14-10-8-11-15-20)21-16-12-9-13-17-21/h8-17,19,23H,18H2,1-7H3. The van der Waals surface area contributed by atoms with Gasteiger partial charge in [0.2, 0.25) is 0 Å². The molecule has 2 nitrogen and oxygen atoms in total. The Labute approximate surface area is 162 Å². The topological polar surface area (TPSA) is 21.3 Å². The van der Waals surface area contributed by atoms with E-state index in [0.717, 1.165) is 6.54 Å². The molecule has 1 N–H and O–H groups in total. The summed E-state index contributed by atoms with van der Waals surface area (Å²) in [7, 11) is -3.75. The van der Waals surface area contributed by atoms with Gasteiger partial charge in [-0.3, -0.25) is 0 Å². The third-order valence-corrected chi connectivity index (χ3v) is 11.2. The van der Waals surface area contributed by atoms with Gasteiger partial charge in [-0.2, -0.15) is 0 Å². The minimum atomic E-state index is -2.20. The van der Waals surface area contributed by atoms with Gasteiger partial charge in [0.15, 0.2) is 16.6 Å². The number of hydrogen-bond acceptors (Lipinski definition) is 2. The van der Waals surface area contributed by atoms with Crippen molar-refractivity contribution in [1.29, 1.82) is 0 Å². The van der Waals surface area contributed by atoms with Gasteiger partial charge in [-0.25, -0.2) is 0 Å². The van der Waals surface area contributed by atoms with E-state index >= 15 is 0 Å². The Morgan fingerprint density at radius 2 is 1.27 bits per heavy atom. The predicted molar refractivity (Wildman–Crippen MR) is 120 cm³/mol. The third-order valence-electron chi connectivity index (χ3n) is 4.75. The van der Waals surface area contributed by atoms with E-state index in [0.29, 0.717) is 0 Å². The van der Waals surface area contributed by atoms with Crippen LogP contribution in [0.25, 0.3) is 0 Å². The van der Waals surface area contributed by atoms with Crippen molar-refractivity contribution in [2.24, 2.45) is 0 Å². The maximum atomic E-state index is 6.32. The lowest BCUT2D eigenvalue weighted by atomic mass is 10.2. The molecule has 0 spiro atoms. The van der Waals surface area contributed by atoms with Crippen molar-refractivity contribution in [2.45, 2.75) is 58.5 Å². The van der Waals surface area contributed by atoms with E-state index in [1.165, 1.54) is 10.4 Å². The maximum absolute atomic E-state index is 6.32. The monoisotopic (exact) mass is 385 g/mol. The Morgan fingerprint density at radius 1 is 0.846 bits per heavy atom. The molecule has 4 heteroatoms. The smallest absolute Gasteiger partial charge is 0.195 e. The maximum Gasteiger partial charge on any atom is 0.195 e. The molecule has 0 aliphatic heterocycles. The van der Waals surface area contributed by atoms with Gasteiger partial charge in [0.05, 0.1) is 6.10 Å². The van der Waals surface area contributed by atoms with E-state index in [2.05, 4.69) is 113 Å². The minimum absolute atomic E-state index is 0.120. The highest BCUT2D eigenvalue weighted by Gasteiger charge is 2.48. The van der Waals surface area contributed by atoms with Crippen LogP contribution in [0.15, 0.2) is 60.7 Å². The number of rotatable bonds is 7. The Morgan fingerprint density at radius 3 is 1.62 bits per heavy atom. The summed E-state index contributed by atoms with van der Waals surface area (Å²) >= 11 is 0. The minimum Gasteiger partial charge on any atom is -0.414 e. The largest absolute Gasteiger partial charge is 0.414 e. The van der Waals surface area contributed by atoms with Crippen LogP contribution in [0.1, 0.15) is 27.7 Å². The van der Waals surface area contributed by atoms with Crippen LogP contribution in [0.5, 0.6) is 0 Å². The highest BCUT2D eigenvalue weighted by molar-refractivity contribution is 7.02. The van der Waals surface area contributed by atoms with E-state index in [4.69, 9.17) is 4.43 Å². The zero-order valence-electron chi connectivity index (χ0n) is 17.5. The van der Waals surface area contributed by atoms with Crippen LogP contribution in [-0.4, -0.2) is 29.2 Å². The van der Waals surface area contributed by atoms with Gasteiger partial charge in [-0.15, -0.1) is 0 Å². The van der Waals surface area contributed by atoms with Gasteiger partial charge < -0.3 is 9.41 Å². The predicted octanol–water partition coefficient (Wildman–Crippen LogP) is 4.38. The van der Waals surface area contributed by atoms with Crippen LogP contribution in [0, 0.1) is 0 Å². The second-order valence-electron chi connectivity index (χ2n) is 9.15. The fraction of sp³-hybridized carbons (Fsp3) is 0.455. The molecule has 26 heavy (non-hydrogen) atoms. The molecule has 0 aliphatic carbocycles. The van der Waals surface area contributed by atoms with Gasteiger partial charge in [0, 0.05) is 6.54 Å². The average molecular weight is 386 g/mol. The fourth-order valence-corrected chi connectivity index (χ4v) is 10.1. The number of hydrogen-bond donors (Lipinski definition) is 1. The summed E-state index contributed by atoms with van der Waals surface area (Å²) in [5.74, 6) is 0. The fourth-order valence-electron chi connectivity index (χ4n) is 3.82. The van der Waals surface area contributed by atoms with Crippen LogP contribution in [0.4, 0.5) is 0 Å². The molecule has 1 atom stereocenters. The first-order valence-corrected chi connectivity index (χ1v) is 15.0. The summed E-state index contributed by atoms with van der Waals surface area (Å²) in [5, 5.41) is 2.98. The average Bonchev–Trinajstić information content (AvgIpc) is 2.54. The Balaban J connectivity index is 2.47. The Hall–Kier alpha value is -1.21. The molecule has 0 radical (unpaired) electrons. The molecule has 0 saturated heterocycles. The lowest BCUT2D eigenvalue weighted by Gasteiger charge is -2.45. The first-order valence-electron chi connectivity index (χ1n) is 9.60. The lowest BCUT2D eigenvalue weighted by molar-refractivity contribution is 0.217. The normalized spacial score (nSPS) is 14.3. The van der Waals surface area contributed by atoms with Gasteiger partial charge in [-0.1, -0.05) is 81.4 Å². The molecule has 2 aromatic carbocycles. The Bertz CT molecular complexity index is 635. The zero-order chi connectivity index (χ0) is 19.4. The van der Waals surface area contributed by atoms with Crippen LogP contribution < -0.4 is 15.4 Å². The third kappa shape index (κ3) is 4.94. The molecular weight excluding hydrogens is 350 g/mol. The van der Waals surface area contributed by atoms with E-state index < -0.39 is 16.6 Å². The van der Waals surface area contributed by atoms with Crippen molar-refractivity contribution in [3.8, 4) is 0 Å². The molecular formula is C22H35NOSi2. The first-order chi connectivity index (χ1) is 12.1. The lowest BCUT2D eigenvalue weighted by Crippen LogP contribution is -2.74. The summed E-state index contributed by atoms with van der Waals surface area (Å²) in [4.78, 5) is 4.06. The van der Waals surface area contributed by atoms with Crippen molar-refractivity contribution in [1.82, 2.24) is 4.98 Å². The van der Waals surface area contributed by atoms with Crippen LogP contribution >= 0.6 is 0 Å². The van der Waals surface area contributed by atoms with Crippen LogP contribution in [0.2, 0.25) is 24.7 Å². The first kappa shape index (κ1) is 21.1. The summed E-state index contributed by atoms with van der Waals surface area (Å²) < 4.78 is 6.32. The molecule has 2 rings (SSSR count). The van der Waals surface area contributed by atoms with Crippen molar-refractivity contribution >= 4 is 26.9 Å². The second-order valence-corrected chi connectivity index (χ2v) is 18.1. The molecule has 0 bridgehead atoms. The molecule has 0 amide bonds. The van der Waals surface area contributed by atoms with E-state index in [1.807, 2.05) is 0 Å². The van der Waals surface area contributed by atoms with E-state index in [9.17, 15) is 0 Å². The highest BCUT2D eigenvalue weighted by Crippen LogP contribution is 2.34. The summed E-state index contributed by atoms with van der Waals surface area (Å²) in [6, 6.07) is 22.0. The van der Waals surface area contributed by atoms with Gasteiger partial charge >= 0.3 is 0 Å². The van der Waals surface area contributed by atoms with E-state index in [1.54, 1.807) is 0 Å². The number of benzene rings is 2. The Kier molecular flexibility index (Phi) is 6.67. The van der Waals surface area contributed by atoms with Gasteiger partial charge in [0.25, 0.3) is 0 Å². The van der Waals surface area contributed by atoms with Crippen molar-refractivity contribution in [2.75, 3.05) is 6.54 Å². The molecule has 0 heterocycles. The summed E-state index contributed by atoms with van der Waals surface area (Å²) in [6.07, 6.45) is 0.211. The molecule has 0 saturated carbocycles. The van der Waals surface area contributed by atoms with Crippen molar-refractivity contribution in [3.05, 3.63) is 60.7 Å². The van der Waals surface area contributed by atoms with Gasteiger partial charge in [0.1, 0.15) is 0 Å². The molecule has 2 aromatic rings. The highest BCUT2D eigenvalue weighted by atomic mass is 28.4. The second kappa shape index (κ2) is 8.21. The summed E-state index contributed by atoms with van der Waals surface area (Å²) in [6.45, 7) is 17.0.